The predicted molar refractivity (Wildman–Crippen MR) is 78.3 cm³/mol. The van der Waals surface area contributed by atoms with E-state index in [4.69, 9.17) is 10.5 Å². The van der Waals surface area contributed by atoms with E-state index in [-0.39, 0.29) is 5.82 Å². The number of hydrogen-bond donors (Lipinski definition) is 1. The van der Waals surface area contributed by atoms with Crippen molar-refractivity contribution in [2.45, 2.75) is 13.0 Å². The Labute approximate surface area is 120 Å². The molecule has 4 nitrogen and oxygen atoms in total. The topological polar surface area (TPSA) is 41.7 Å². The lowest BCUT2D eigenvalue weighted by atomic mass is 10.2. The molecule has 0 atom stereocenters. The Morgan fingerprint density at radius 3 is 2.65 bits per heavy atom. The molecule has 0 radical (unpaired) electrons. The van der Waals surface area contributed by atoms with Crippen molar-refractivity contribution < 1.29 is 9.13 Å². The molecule has 112 valence electrons. The molecule has 0 spiro atoms. The summed E-state index contributed by atoms with van der Waals surface area (Å²) in [7, 11) is 1.49. The van der Waals surface area contributed by atoms with Gasteiger partial charge in [-0.25, -0.2) is 4.39 Å². The van der Waals surface area contributed by atoms with Gasteiger partial charge in [0.15, 0.2) is 11.6 Å². The monoisotopic (exact) mass is 281 g/mol. The number of hydrogen-bond acceptors (Lipinski definition) is 4. The maximum Gasteiger partial charge on any atom is 0.165 e. The van der Waals surface area contributed by atoms with E-state index in [1.165, 1.54) is 7.11 Å². The zero-order valence-corrected chi connectivity index (χ0v) is 12.1. The summed E-state index contributed by atoms with van der Waals surface area (Å²) in [6.45, 7) is 6.66. The number of nitrogens with two attached hydrogens (primary N) is 1. The van der Waals surface area contributed by atoms with E-state index < -0.39 is 0 Å². The normalized spacial score (nSPS) is 17.9. The van der Waals surface area contributed by atoms with Gasteiger partial charge < -0.3 is 15.4 Å². The Morgan fingerprint density at radius 2 is 1.95 bits per heavy atom. The molecule has 1 aromatic rings. The lowest BCUT2D eigenvalue weighted by molar-refractivity contribution is 0.254. The van der Waals surface area contributed by atoms with Crippen LogP contribution >= 0.6 is 0 Å². The maximum atomic E-state index is 13.7. The van der Waals surface area contributed by atoms with Gasteiger partial charge in [0.25, 0.3) is 0 Å². The minimum Gasteiger partial charge on any atom is -0.494 e. The summed E-state index contributed by atoms with van der Waals surface area (Å²) in [5.74, 6) is 0.0170. The Balaban J connectivity index is 1.91. The first-order chi connectivity index (χ1) is 9.72. The van der Waals surface area contributed by atoms with Crippen LogP contribution in [0.5, 0.6) is 5.75 Å². The van der Waals surface area contributed by atoms with Crippen molar-refractivity contribution in [3.05, 3.63) is 29.6 Å². The van der Waals surface area contributed by atoms with Crippen LogP contribution in [0.2, 0.25) is 0 Å². The van der Waals surface area contributed by atoms with Gasteiger partial charge in [-0.05, 0) is 37.2 Å². The van der Waals surface area contributed by atoms with E-state index in [2.05, 4.69) is 9.80 Å². The summed E-state index contributed by atoms with van der Waals surface area (Å²) in [4.78, 5) is 4.77. The largest absolute Gasteiger partial charge is 0.494 e. The number of rotatable bonds is 5. The molecule has 0 bridgehead atoms. The average Bonchev–Trinajstić information content (AvgIpc) is 2.65. The first-order valence-corrected chi connectivity index (χ1v) is 7.20. The van der Waals surface area contributed by atoms with Crippen LogP contribution in [0.15, 0.2) is 18.2 Å². The van der Waals surface area contributed by atoms with E-state index in [0.29, 0.717) is 12.3 Å². The zero-order valence-electron chi connectivity index (χ0n) is 12.1. The molecular weight excluding hydrogens is 257 g/mol. The third-order valence-corrected chi connectivity index (χ3v) is 3.75. The molecule has 0 unspecified atom stereocenters. The van der Waals surface area contributed by atoms with Crippen LogP contribution in [0.4, 0.5) is 4.39 Å². The summed E-state index contributed by atoms with van der Waals surface area (Å²) in [5.41, 5.74) is 6.60. The zero-order chi connectivity index (χ0) is 14.4. The minimum absolute atomic E-state index is 0.287. The van der Waals surface area contributed by atoms with Gasteiger partial charge >= 0.3 is 0 Å². The van der Waals surface area contributed by atoms with Crippen LogP contribution in [0.25, 0.3) is 0 Å². The van der Waals surface area contributed by atoms with Crippen LogP contribution in [-0.4, -0.2) is 56.2 Å². The highest BCUT2D eigenvalue weighted by molar-refractivity contribution is 5.29. The molecule has 0 aliphatic carbocycles. The summed E-state index contributed by atoms with van der Waals surface area (Å²) < 4.78 is 18.6. The fraction of sp³-hybridized carbons (Fsp3) is 0.600. The Bertz CT molecular complexity index is 428. The Hall–Kier alpha value is -1.17. The van der Waals surface area contributed by atoms with Crippen LogP contribution in [0.1, 0.15) is 12.0 Å². The second-order valence-corrected chi connectivity index (χ2v) is 5.23. The fourth-order valence-corrected chi connectivity index (χ4v) is 2.66. The third-order valence-electron chi connectivity index (χ3n) is 3.75. The van der Waals surface area contributed by atoms with E-state index in [1.54, 1.807) is 12.1 Å². The minimum atomic E-state index is -0.287. The average molecular weight is 281 g/mol. The van der Waals surface area contributed by atoms with Gasteiger partial charge in [-0.1, -0.05) is 6.07 Å². The number of ether oxygens (including phenoxy) is 1. The van der Waals surface area contributed by atoms with Gasteiger partial charge in [0.05, 0.1) is 7.11 Å². The first kappa shape index (κ1) is 15.2. The van der Waals surface area contributed by atoms with Gasteiger partial charge in [0.1, 0.15) is 0 Å². The van der Waals surface area contributed by atoms with Gasteiger partial charge in [-0.15, -0.1) is 0 Å². The molecule has 0 amide bonds. The summed E-state index contributed by atoms with van der Waals surface area (Å²) in [5, 5.41) is 0. The van der Waals surface area contributed by atoms with E-state index in [9.17, 15) is 4.39 Å². The van der Waals surface area contributed by atoms with Crippen molar-refractivity contribution in [3.8, 4) is 5.75 Å². The van der Waals surface area contributed by atoms with Crippen LogP contribution in [0.3, 0.4) is 0 Å². The smallest absolute Gasteiger partial charge is 0.165 e. The van der Waals surface area contributed by atoms with Crippen molar-refractivity contribution >= 4 is 0 Å². The van der Waals surface area contributed by atoms with Crippen LogP contribution in [0, 0.1) is 5.82 Å². The Morgan fingerprint density at radius 1 is 1.20 bits per heavy atom. The lowest BCUT2D eigenvalue weighted by Crippen LogP contribution is -2.33. The van der Waals surface area contributed by atoms with Gasteiger partial charge in [0, 0.05) is 32.7 Å². The van der Waals surface area contributed by atoms with E-state index in [0.717, 1.165) is 51.3 Å². The summed E-state index contributed by atoms with van der Waals surface area (Å²) in [6.07, 6.45) is 1.14. The molecule has 1 aliphatic heterocycles. The number of nitrogens with zero attached hydrogens (tertiary/aromatic N) is 2. The fourth-order valence-electron chi connectivity index (χ4n) is 2.66. The quantitative estimate of drug-likeness (QED) is 0.883. The van der Waals surface area contributed by atoms with Crippen molar-refractivity contribution in [3.63, 3.8) is 0 Å². The second kappa shape index (κ2) is 7.57. The van der Waals surface area contributed by atoms with Crippen molar-refractivity contribution in [2.24, 2.45) is 5.73 Å². The van der Waals surface area contributed by atoms with Crippen LogP contribution < -0.4 is 10.5 Å². The van der Waals surface area contributed by atoms with Crippen LogP contribution in [-0.2, 0) is 6.54 Å². The standard InChI is InChI=1S/C15H24FN3O/c1-20-15-4-3-13(11-14(15)16)12-19-7-2-6-18(8-5-17)9-10-19/h3-4,11H,2,5-10,12,17H2,1H3. The highest BCUT2D eigenvalue weighted by Gasteiger charge is 2.15. The molecule has 5 heteroatoms. The SMILES string of the molecule is COc1ccc(CN2CCCN(CCN)CC2)cc1F. The van der Waals surface area contributed by atoms with Crippen molar-refractivity contribution in [1.29, 1.82) is 0 Å². The highest BCUT2D eigenvalue weighted by Crippen LogP contribution is 2.19. The van der Waals surface area contributed by atoms with Crippen molar-refractivity contribution in [1.82, 2.24) is 9.80 Å². The van der Waals surface area contributed by atoms with E-state index >= 15 is 0 Å². The molecular formula is C15H24FN3O. The molecule has 2 N–H and O–H groups in total. The van der Waals surface area contributed by atoms with Gasteiger partial charge in [0.2, 0.25) is 0 Å². The molecule has 1 aromatic carbocycles. The molecule has 1 aliphatic rings. The maximum absolute atomic E-state index is 13.7. The lowest BCUT2D eigenvalue weighted by Gasteiger charge is -2.21. The molecule has 1 saturated heterocycles. The number of methoxy groups -OCH3 is 1. The highest BCUT2D eigenvalue weighted by atomic mass is 19.1. The van der Waals surface area contributed by atoms with E-state index in [1.807, 2.05) is 6.07 Å². The number of halogens is 1. The molecule has 1 fully saturated rings. The number of benzene rings is 1. The molecule has 2 rings (SSSR count). The first-order valence-electron chi connectivity index (χ1n) is 7.20. The van der Waals surface area contributed by atoms with Gasteiger partial charge in [-0.3, -0.25) is 4.90 Å². The molecule has 0 aromatic heterocycles. The summed E-state index contributed by atoms with van der Waals surface area (Å²) >= 11 is 0. The summed E-state index contributed by atoms with van der Waals surface area (Å²) in [6, 6.07) is 5.20. The molecule has 0 saturated carbocycles. The van der Waals surface area contributed by atoms with Crippen molar-refractivity contribution in [2.75, 3.05) is 46.4 Å². The third kappa shape index (κ3) is 4.16. The Kier molecular flexibility index (Phi) is 5.76. The molecule has 20 heavy (non-hydrogen) atoms. The van der Waals surface area contributed by atoms with Gasteiger partial charge in [-0.2, -0.15) is 0 Å². The second-order valence-electron chi connectivity index (χ2n) is 5.23. The molecule has 1 heterocycles. The predicted octanol–water partition coefficient (Wildman–Crippen LogP) is 1.30.